The molecule has 2 saturated carbocycles. The second-order valence-corrected chi connectivity index (χ2v) is 19.9. The molecule has 0 bridgehead atoms. The van der Waals surface area contributed by atoms with Crippen molar-refractivity contribution >= 4 is 29.8 Å². The molecule has 1 unspecified atom stereocenters. The van der Waals surface area contributed by atoms with E-state index < -0.39 is 113 Å². The molecule has 16 nitrogen and oxygen atoms in total. The molecule has 16 heteroatoms. The summed E-state index contributed by atoms with van der Waals surface area (Å²) in [5, 5.41) is 28.0. The number of rotatable bonds is 13. The first-order chi connectivity index (χ1) is 33.8. The summed E-state index contributed by atoms with van der Waals surface area (Å²) in [5.74, 6) is -4.41. The second kappa shape index (κ2) is 19.0. The van der Waals surface area contributed by atoms with Crippen LogP contribution in [0.4, 0.5) is 0 Å². The average molecular weight is 974 g/mol. The number of aliphatic hydroxyl groups excluding tert-OH is 1. The van der Waals surface area contributed by atoms with Gasteiger partial charge in [0.1, 0.15) is 30.2 Å². The molecule has 4 aromatic rings. The van der Waals surface area contributed by atoms with Crippen LogP contribution in [0.25, 0.3) is 0 Å². The summed E-state index contributed by atoms with van der Waals surface area (Å²) in [5.41, 5.74) is -4.73. The van der Waals surface area contributed by atoms with E-state index in [0.29, 0.717) is 22.4 Å². The fraction of sp³-hybridized carbons (Fsp3) is 0.436. The first kappa shape index (κ1) is 49.5. The van der Waals surface area contributed by atoms with Gasteiger partial charge in [-0.05, 0) is 73.9 Å². The number of hydrogen-bond acceptors (Lipinski definition) is 15. The summed E-state index contributed by atoms with van der Waals surface area (Å²) in [6, 6.07) is 30.8. The molecule has 374 valence electrons. The largest absolute Gasteiger partial charge is 0.497 e. The average Bonchev–Trinajstić information content (AvgIpc) is 3.61. The predicted octanol–water partition coefficient (Wildman–Crippen LogP) is 6.30. The molecule has 3 N–H and O–H groups in total. The normalized spacial score (nSPS) is 31.4. The molecule has 4 fully saturated rings. The topological polar surface area (TPSA) is 212 Å². The van der Waals surface area contributed by atoms with E-state index in [4.69, 9.17) is 37.9 Å². The van der Waals surface area contributed by atoms with Gasteiger partial charge in [0.2, 0.25) is 0 Å². The van der Waals surface area contributed by atoms with Crippen LogP contribution in [0.5, 0.6) is 5.75 Å². The Balaban J connectivity index is 1.23. The minimum absolute atomic E-state index is 0.142. The Morgan fingerprint density at radius 2 is 1.41 bits per heavy atom. The Hall–Kier alpha value is -6.43. The summed E-state index contributed by atoms with van der Waals surface area (Å²) in [7, 11) is 1.55. The third-order valence-electron chi connectivity index (χ3n) is 15.4. The van der Waals surface area contributed by atoms with Crippen molar-refractivity contribution in [3.63, 3.8) is 0 Å². The van der Waals surface area contributed by atoms with E-state index in [1.165, 1.54) is 27.7 Å². The van der Waals surface area contributed by atoms with E-state index in [-0.39, 0.29) is 36.1 Å². The number of benzene rings is 4. The number of carbonyl (C=O) groups is 5. The highest BCUT2D eigenvalue weighted by atomic mass is 16.7. The summed E-state index contributed by atoms with van der Waals surface area (Å²) < 4.78 is 52.0. The maximum atomic E-state index is 14.9. The van der Waals surface area contributed by atoms with E-state index in [0.717, 1.165) is 0 Å². The fourth-order valence-corrected chi connectivity index (χ4v) is 12.2. The summed E-state index contributed by atoms with van der Waals surface area (Å²) >= 11 is 0. The lowest BCUT2D eigenvalue weighted by Crippen LogP contribution is -2.80. The van der Waals surface area contributed by atoms with Crippen LogP contribution >= 0.6 is 0 Å². The molecule has 0 spiro atoms. The Morgan fingerprint density at radius 1 is 0.789 bits per heavy atom. The van der Waals surface area contributed by atoms with Gasteiger partial charge in [0.25, 0.3) is 5.91 Å². The SMILES string of the molecule is COc1ccc(C2O[C@H]3C[C@H]4OC[C@@]4(OC(C)=O)[C@H]4[C@H](OC(=O)c5ccccc5)[C@]5(C(C)(C)O)C[C@H](OC(=O)[C@H](O)[C@@H](NC(=O)c6ccccc6)c6ccccc6)C(C)=C5[C@H](OC(C)=O)[C@H](O2)[C@]34C)cc1. The van der Waals surface area contributed by atoms with Gasteiger partial charge >= 0.3 is 23.9 Å². The molecular formula is C55H59NO15. The third-order valence-corrected chi connectivity index (χ3v) is 15.4. The Kier molecular flexibility index (Phi) is 13.2. The van der Waals surface area contributed by atoms with Crippen molar-refractivity contribution in [2.24, 2.45) is 16.7 Å². The number of hydrogen-bond donors (Lipinski definition) is 3. The lowest BCUT2D eigenvalue weighted by molar-refractivity contribution is -0.401. The molecule has 2 aliphatic heterocycles. The van der Waals surface area contributed by atoms with Gasteiger partial charge in [0.05, 0.1) is 48.4 Å². The van der Waals surface area contributed by atoms with E-state index in [1.54, 1.807) is 129 Å². The molecule has 13 atom stereocenters. The number of amides is 1. The van der Waals surface area contributed by atoms with Gasteiger partial charge in [-0.3, -0.25) is 14.4 Å². The third kappa shape index (κ3) is 8.48. The zero-order chi connectivity index (χ0) is 50.6. The van der Waals surface area contributed by atoms with Crippen LogP contribution < -0.4 is 10.1 Å². The zero-order valence-electron chi connectivity index (χ0n) is 40.6. The van der Waals surface area contributed by atoms with Crippen LogP contribution in [0.1, 0.15) is 98.6 Å². The van der Waals surface area contributed by atoms with Crippen molar-refractivity contribution in [2.75, 3.05) is 13.7 Å². The molecule has 0 aromatic heterocycles. The van der Waals surface area contributed by atoms with Crippen molar-refractivity contribution < 1.29 is 72.1 Å². The monoisotopic (exact) mass is 973 g/mol. The lowest BCUT2D eigenvalue weighted by Gasteiger charge is -2.67. The predicted molar refractivity (Wildman–Crippen MR) is 252 cm³/mol. The Morgan fingerprint density at radius 3 is 1.97 bits per heavy atom. The van der Waals surface area contributed by atoms with E-state index in [9.17, 15) is 34.2 Å². The minimum atomic E-state index is -1.98. The van der Waals surface area contributed by atoms with Crippen LogP contribution in [0.15, 0.2) is 126 Å². The molecule has 2 saturated heterocycles. The molecule has 2 heterocycles. The van der Waals surface area contributed by atoms with Crippen molar-refractivity contribution in [3.8, 4) is 5.75 Å². The molecule has 0 radical (unpaired) electrons. The molecular weight excluding hydrogens is 915 g/mol. The van der Waals surface area contributed by atoms with Gasteiger partial charge < -0.3 is 53.4 Å². The van der Waals surface area contributed by atoms with Gasteiger partial charge in [0.15, 0.2) is 24.1 Å². The van der Waals surface area contributed by atoms with E-state index in [1.807, 2.05) is 6.92 Å². The van der Waals surface area contributed by atoms with Gasteiger partial charge in [-0.25, -0.2) is 9.59 Å². The zero-order valence-corrected chi connectivity index (χ0v) is 40.6. The fourth-order valence-electron chi connectivity index (χ4n) is 12.2. The standard InChI is InChI=1S/C55H59NO15/c1-30-38(67-50(62)43(59)42(33-17-11-8-12-18-33)56-48(60)34-19-13-9-14-20-34)28-54(52(4,5)63)41(30)44(66-31(2)57)46-53(6)39(68-51(70-46)36-23-25-37(64-7)26-24-36)27-40-55(29-65-40,71-32(3)58)45(53)47(54)69-49(61)35-21-15-10-16-22-35/h8-26,38-40,42-47,51,59,63H,27-29H2,1-7H3,(H,56,60)/t38-,39-,40+,42-,43+,44-,45-,46-,47-,51?,53+,54-,55-/m0/s1. The maximum Gasteiger partial charge on any atom is 0.338 e. The Bertz CT molecular complexity index is 2690. The van der Waals surface area contributed by atoms with Gasteiger partial charge in [-0.15, -0.1) is 0 Å². The maximum absolute atomic E-state index is 14.9. The summed E-state index contributed by atoms with van der Waals surface area (Å²) in [4.78, 5) is 70.3. The van der Waals surface area contributed by atoms with Crippen LogP contribution in [0.2, 0.25) is 0 Å². The number of nitrogens with one attached hydrogen (secondary N) is 1. The first-order valence-electron chi connectivity index (χ1n) is 23.8. The first-order valence-corrected chi connectivity index (χ1v) is 23.8. The quantitative estimate of drug-likeness (QED) is 0.0763. The van der Waals surface area contributed by atoms with Crippen LogP contribution in [-0.2, 0) is 47.5 Å². The number of esters is 4. The van der Waals surface area contributed by atoms with Crippen molar-refractivity contribution in [3.05, 3.63) is 149 Å². The van der Waals surface area contributed by atoms with Gasteiger partial charge in [-0.1, -0.05) is 85.8 Å². The molecule has 1 amide bonds. The number of methoxy groups -OCH3 is 1. The van der Waals surface area contributed by atoms with Crippen molar-refractivity contribution in [2.45, 2.75) is 121 Å². The highest BCUT2D eigenvalue weighted by molar-refractivity contribution is 5.95. The summed E-state index contributed by atoms with van der Waals surface area (Å²) in [6.45, 7) is 8.96. The van der Waals surface area contributed by atoms with E-state index >= 15 is 0 Å². The van der Waals surface area contributed by atoms with E-state index in [2.05, 4.69) is 5.32 Å². The molecule has 71 heavy (non-hydrogen) atoms. The molecule has 5 aliphatic rings. The highest BCUT2D eigenvalue weighted by Gasteiger charge is 2.81. The highest BCUT2D eigenvalue weighted by Crippen LogP contribution is 2.70. The van der Waals surface area contributed by atoms with Crippen molar-refractivity contribution in [1.29, 1.82) is 0 Å². The van der Waals surface area contributed by atoms with Crippen LogP contribution in [-0.4, -0.2) is 108 Å². The smallest absolute Gasteiger partial charge is 0.338 e. The second-order valence-electron chi connectivity index (χ2n) is 19.9. The van der Waals surface area contributed by atoms with Gasteiger partial charge in [-0.2, -0.15) is 0 Å². The van der Waals surface area contributed by atoms with Gasteiger partial charge in [0, 0.05) is 43.2 Å². The molecule has 9 rings (SSSR count). The van der Waals surface area contributed by atoms with Crippen LogP contribution in [0, 0.1) is 16.7 Å². The van der Waals surface area contributed by atoms with Crippen molar-refractivity contribution in [1.82, 2.24) is 5.32 Å². The molecule has 4 aromatic carbocycles. The molecule has 3 aliphatic carbocycles. The number of ether oxygens (including phenoxy) is 8. The van der Waals surface area contributed by atoms with Crippen LogP contribution in [0.3, 0.4) is 0 Å². The number of aliphatic hydroxyl groups is 2. The number of carbonyl (C=O) groups excluding carboxylic acids is 5. The number of fused-ring (bicyclic) bond motifs is 3. The minimum Gasteiger partial charge on any atom is -0.497 e. The summed E-state index contributed by atoms with van der Waals surface area (Å²) in [6.07, 6.45) is -10.2. The lowest BCUT2D eigenvalue weighted by atomic mass is 9.49. The Labute approximate surface area is 411 Å².